The van der Waals surface area contributed by atoms with Gasteiger partial charge < -0.3 is 28.9 Å². The first kappa shape index (κ1) is 51.2. The van der Waals surface area contributed by atoms with Crippen molar-refractivity contribution >= 4 is 17.9 Å². The molecule has 0 unspecified atom stereocenters. The molecule has 0 heterocycles. The Labute approximate surface area is 327 Å². The number of esters is 3. The summed E-state index contributed by atoms with van der Waals surface area (Å²) < 4.78 is 15.8. The van der Waals surface area contributed by atoms with E-state index in [2.05, 4.69) is 47.5 Å². The molecule has 10 heteroatoms. The number of unbranched alkanes of at least 4 members (excludes halogenated alkanes) is 18. The number of hydrogen-bond donors (Lipinski definition) is 0. The van der Waals surface area contributed by atoms with Gasteiger partial charge in [-0.05, 0) is 34.0 Å². The first-order chi connectivity index (χ1) is 25.7. The molecule has 0 bridgehead atoms. The van der Waals surface area contributed by atoms with Gasteiger partial charge in [0.1, 0.15) is 0 Å². The SMILES string of the molecule is CCCCCCCCCCCCOC(=O)CCN(C)CCN(CCN(C)CCC(=O)OC)CCN(C)CCC(=O)OCCCCCCCCCCCC. The van der Waals surface area contributed by atoms with Crippen molar-refractivity contribution in [3.05, 3.63) is 0 Å². The number of ether oxygens (including phenoxy) is 3. The molecule has 0 rings (SSSR count). The van der Waals surface area contributed by atoms with Crippen LogP contribution in [0.15, 0.2) is 0 Å². The fourth-order valence-electron chi connectivity index (χ4n) is 6.25. The van der Waals surface area contributed by atoms with E-state index in [1.54, 1.807) is 0 Å². The molecule has 53 heavy (non-hydrogen) atoms. The molecule has 0 aromatic rings. The average Bonchev–Trinajstić information content (AvgIpc) is 3.15. The van der Waals surface area contributed by atoms with Crippen molar-refractivity contribution in [2.75, 3.05) is 100 Å². The highest BCUT2D eigenvalue weighted by Gasteiger charge is 2.13. The number of methoxy groups -OCH3 is 1. The third-order valence-electron chi connectivity index (χ3n) is 10.2. The van der Waals surface area contributed by atoms with Gasteiger partial charge in [-0.1, -0.05) is 129 Å². The molecule has 0 aliphatic rings. The lowest BCUT2D eigenvalue weighted by atomic mass is 10.1. The second-order valence-corrected chi connectivity index (χ2v) is 15.4. The van der Waals surface area contributed by atoms with E-state index in [0.717, 1.165) is 65.0 Å². The van der Waals surface area contributed by atoms with Crippen LogP contribution in [0.3, 0.4) is 0 Å². The summed E-state index contributed by atoms with van der Waals surface area (Å²) in [5.74, 6) is -0.415. The van der Waals surface area contributed by atoms with Gasteiger partial charge in [-0.3, -0.25) is 19.3 Å². The summed E-state index contributed by atoms with van der Waals surface area (Å²) >= 11 is 0. The standard InChI is InChI=1S/C43H86N4O6/c1-7-9-11-13-15-17-19-21-23-25-39-52-42(49)28-31-45(4)34-37-47(36-33-44(3)30-27-41(48)51-6)38-35-46(5)32-29-43(50)53-40-26-24-22-20-18-16-14-12-10-8-2/h7-40H2,1-6H3. The van der Waals surface area contributed by atoms with Crippen molar-refractivity contribution < 1.29 is 28.6 Å². The molecular weight excluding hydrogens is 668 g/mol. The summed E-state index contributed by atoms with van der Waals surface area (Å²) in [6.45, 7) is 12.7. The minimum absolute atomic E-state index is 0.111. The molecule has 0 aliphatic carbocycles. The molecule has 0 spiro atoms. The van der Waals surface area contributed by atoms with Crippen LogP contribution in [0.1, 0.15) is 162 Å². The second-order valence-electron chi connectivity index (χ2n) is 15.4. The Kier molecular flexibility index (Phi) is 37.2. The van der Waals surface area contributed by atoms with E-state index in [-0.39, 0.29) is 17.9 Å². The number of hydrogen-bond acceptors (Lipinski definition) is 10. The highest BCUT2D eigenvalue weighted by atomic mass is 16.5. The molecule has 314 valence electrons. The van der Waals surface area contributed by atoms with Crippen LogP contribution in [0.25, 0.3) is 0 Å². The molecule has 0 radical (unpaired) electrons. The van der Waals surface area contributed by atoms with Crippen LogP contribution < -0.4 is 0 Å². The molecule has 0 aliphatic heterocycles. The van der Waals surface area contributed by atoms with E-state index in [1.165, 1.54) is 110 Å². The summed E-state index contributed by atoms with van der Waals surface area (Å²) in [6, 6.07) is 0. The van der Waals surface area contributed by atoms with E-state index in [4.69, 9.17) is 14.2 Å². The maximum atomic E-state index is 12.4. The monoisotopic (exact) mass is 755 g/mol. The van der Waals surface area contributed by atoms with E-state index in [9.17, 15) is 14.4 Å². The quantitative estimate of drug-likeness (QED) is 0.0345. The number of carbonyl (C=O) groups is 3. The first-order valence-electron chi connectivity index (χ1n) is 21.9. The first-order valence-corrected chi connectivity index (χ1v) is 21.9. The minimum Gasteiger partial charge on any atom is -0.469 e. The zero-order valence-electron chi connectivity index (χ0n) is 35.8. The minimum atomic E-state index is -0.194. The zero-order chi connectivity index (χ0) is 39.2. The fraction of sp³-hybridized carbons (Fsp3) is 0.930. The summed E-state index contributed by atoms with van der Waals surface area (Å²) in [7, 11) is 7.57. The summed E-state index contributed by atoms with van der Waals surface area (Å²) in [6.07, 6.45) is 26.5. The van der Waals surface area contributed by atoms with E-state index in [1.807, 2.05) is 7.05 Å². The lowest BCUT2D eigenvalue weighted by Crippen LogP contribution is -2.42. The lowest BCUT2D eigenvalue weighted by Gasteiger charge is -2.29. The zero-order valence-corrected chi connectivity index (χ0v) is 35.8. The van der Waals surface area contributed by atoms with Crippen molar-refractivity contribution in [1.29, 1.82) is 0 Å². The lowest BCUT2D eigenvalue weighted by molar-refractivity contribution is -0.145. The molecule has 0 atom stereocenters. The Hall–Kier alpha value is -1.75. The van der Waals surface area contributed by atoms with Crippen LogP contribution in [0, 0.1) is 0 Å². The molecule has 0 aromatic heterocycles. The van der Waals surface area contributed by atoms with Gasteiger partial charge in [-0.2, -0.15) is 0 Å². The summed E-state index contributed by atoms with van der Waals surface area (Å²) in [5.41, 5.74) is 0. The smallest absolute Gasteiger partial charge is 0.307 e. The molecule has 0 aromatic carbocycles. The third kappa shape index (κ3) is 37.0. The topological polar surface area (TPSA) is 91.9 Å². The van der Waals surface area contributed by atoms with Crippen molar-refractivity contribution in [3.8, 4) is 0 Å². The molecule has 0 saturated heterocycles. The van der Waals surface area contributed by atoms with E-state index in [0.29, 0.717) is 52.1 Å². The summed E-state index contributed by atoms with van der Waals surface area (Å²) in [4.78, 5) is 45.3. The van der Waals surface area contributed by atoms with Crippen LogP contribution in [0.4, 0.5) is 0 Å². The van der Waals surface area contributed by atoms with Gasteiger partial charge >= 0.3 is 17.9 Å². The Morgan fingerprint density at radius 1 is 0.377 bits per heavy atom. The molecule has 0 fully saturated rings. The van der Waals surface area contributed by atoms with Gasteiger partial charge in [0.05, 0.1) is 39.6 Å². The maximum Gasteiger partial charge on any atom is 0.307 e. The van der Waals surface area contributed by atoms with Gasteiger partial charge in [0.25, 0.3) is 0 Å². The molecule has 10 nitrogen and oxygen atoms in total. The molecule has 0 amide bonds. The fourth-order valence-corrected chi connectivity index (χ4v) is 6.25. The van der Waals surface area contributed by atoms with Crippen molar-refractivity contribution in [1.82, 2.24) is 19.6 Å². The Morgan fingerprint density at radius 3 is 0.962 bits per heavy atom. The normalized spacial score (nSPS) is 11.7. The van der Waals surface area contributed by atoms with Gasteiger partial charge in [-0.15, -0.1) is 0 Å². The predicted octanol–water partition coefficient (Wildman–Crippen LogP) is 8.36. The van der Waals surface area contributed by atoms with Crippen LogP contribution in [0.5, 0.6) is 0 Å². The number of likely N-dealkylation sites (N-methyl/N-ethyl adjacent to an activating group) is 3. The average molecular weight is 755 g/mol. The Morgan fingerprint density at radius 2 is 0.660 bits per heavy atom. The molecule has 0 N–H and O–H groups in total. The van der Waals surface area contributed by atoms with Crippen LogP contribution in [0.2, 0.25) is 0 Å². The van der Waals surface area contributed by atoms with Crippen molar-refractivity contribution in [2.24, 2.45) is 0 Å². The van der Waals surface area contributed by atoms with Crippen molar-refractivity contribution in [3.63, 3.8) is 0 Å². The van der Waals surface area contributed by atoms with Crippen LogP contribution >= 0.6 is 0 Å². The van der Waals surface area contributed by atoms with E-state index < -0.39 is 0 Å². The van der Waals surface area contributed by atoms with Gasteiger partial charge in [0.15, 0.2) is 0 Å². The Bertz CT molecular complexity index is 796. The van der Waals surface area contributed by atoms with Crippen LogP contribution in [-0.2, 0) is 28.6 Å². The maximum absolute atomic E-state index is 12.4. The van der Waals surface area contributed by atoms with Crippen molar-refractivity contribution in [2.45, 2.75) is 162 Å². The summed E-state index contributed by atoms with van der Waals surface area (Å²) in [5, 5.41) is 0. The predicted molar refractivity (Wildman–Crippen MR) is 220 cm³/mol. The molecular formula is C43H86N4O6. The van der Waals surface area contributed by atoms with E-state index >= 15 is 0 Å². The highest BCUT2D eigenvalue weighted by molar-refractivity contribution is 5.70. The second kappa shape index (κ2) is 38.5. The molecule has 0 saturated carbocycles. The largest absolute Gasteiger partial charge is 0.469 e. The van der Waals surface area contributed by atoms with Crippen LogP contribution in [-0.4, -0.2) is 138 Å². The van der Waals surface area contributed by atoms with Gasteiger partial charge in [0, 0.05) is 58.9 Å². The number of carbonyl (C=O) groups excluding carboxylic acids is 3. The number of nitrogens with zero attached hydrogens (tertiary/aromatic N) is 4. The Balaban J connectivity index is 4.35. The number of rotatable bonds is 40. The highest BCUT2D eigenvalue weighted by Crippen LogP contribution is 2.12. The third-order valence-corrected chi connectivity index (χ3v) is 10.2. The van der Waals surface area contributed by atoms with Gasteiger partial charge in [-0.25, -0.2) is 0 Å². The van der Waals surface area contributed by atoms with Gasteiger partial charge in [0.2, 0.25) is 0 Å².